The molecule has 1 aliphatic rings. The van der Waals surface area contributed by atoms with Gasteiger partial charge in [0.25, 0.3) is 0 Å². The van der Waals surface area contributed by atoms with Crippen LogP contribution in [-0.4, -0.2) is 29.7 Å². The Labute approximate surface area is 128 Å². The first kappa shape index (κ1) is 16.8. The van der Waals surface area contributed by atoms with Gasteiger partial charge >= 0.3 is 6.18 Å². The average molecular weight is 314 g/mol. The van der Waals surface area contributed by atoms with Gasteiger partial charge < -0.3 is 0 Å². The fourth-order valence-corrected chi connectivity index (χ4v) is 2.86. The Morgan fingerprint density at radius 1 is 1.27 bits per heavy atom. The number of benzene rings is 1. The van der Waals surface area contributed by atoms with Crippen LogP contribution in [0.2, 0.25) is 0 Å². The van der Waals surface area contributed by atoms with Crippen LogP contribution in [0.3, 0.4) is 0 Å². The number of halogens is 3. The molecular formula is C16H21F3N2O. The third-order valence-electron chi connectivity index (χ3n) is 4.03. The lowest BCUT2D eigenvalue weighted by Crippen LogP contribution is -2.49. The summed E-state index contributed by atoms with van der Waals surface area (Å²) >= 11 is 0. The van der Waals surface area contributed by atoms with Gasteiger partial charge in [0.1, 0.15) is 6.04 Å². The zero-order valence-corrected chi connectivity index (χ0v) is 12.6. The zero-order valence-electron chi connectivity index (χ0n) is 12.6. The molecule has 1 aliphatic heterocycles. The summed E-state index contributed by atoms with van der Waals surface area (Å²) in [5, 5.41) is 1.04. The number of hydrogen-bond donors (Lipinski definition) is 1. The van der Waals surface area contributed by atoms with E-state index in [1.165, 1.54) is 5.56 Å². The molecule has 6 heteroatoms. The number of carbonyl (C=O) groups is 1. The molecule has 2 rings (SSSR count). The normalized spacial score (nSPS) is 17.5. The molecule has 0 saturated carbocycles. The minimum Gasteiger partial charge on any atom is -0.288 e. The Hall–Kier alpha value is -1.56. The van der Waals surface area contributed by atoms with Gasteiger partial charge in [-0.15, -0.1) is 0 Å². The van der Waals surface area contributed by atoms with Crippen molar-refractivity contribution < 1.29 is 18.0 Å². The van der Waals surface area contributed by atoms with Crippen LogP contribution in [0.5, 0.6) is 0 Å². The molecule has 3 nitrogen and oxygen atoms in total. The first-order valence-electron chi connectivity index (χ1n) is 7.61. The second-order valence-electron chi connectivity index (χ2n) is 5.55. The number of hydrazine groups is 1. The molecule has 0 aliphatic carbocycles. The Kier molecular flexibility index (Phi) is 5.45. The molecule has 1 heterocycles. The summed E-state index contributed by atoms with van der Waals surface area (Å²) in [6.45, 7) is 2.16. The van der Waals surface area contributed by atoms with Gasteiger partial charge in [-0.1, -0.05) is 31.2 Å². The Bertz CT molecular complexity index is 516. The van der Waals surface area contributed by atoms with Crippen molar-refractivity contribution in [3.05, 3.63) is 35.4 Å². The van der Waals surface area contributed by atoms with Crippen molar-refractivity contribution in [3.8, 4) is 0 Å². The molecule has 1 amide bonds. The number of nitrogens with one attached hydrogen (secondary N) is 1. The maximum Gasteiger partial charge on any atom is 0.405 e. The smallest absolute Gasteiger partial charge is 0.288 e. The molecule has 0 aromatic heterocycles. The Morgan fingerprint density at radius 3 is 2.50 bits per heavy atom. The number of carbonyl (C=O) groups excluding carboxylic acids is 1. The molecule has 1 aromatic rings. The van der Waals surface area contributed by atoms with Gasteiger partial charge in [-0.2, -0.15) is 13.2 Å². The van der Waals surface area contributed by atoms with Gasteiger partial charge in [-0.3, -0.25) is 10.2 Å². The van der Waals surface area contributed by atoms with Crippen molar-refractivity contribution >= 4 is 5.91 Å². The van der Waals surface area contributed by atoms with Crippen LogP contribution in [0.25, 0.3) is 0 Å². The second-order valence-corrected chi connectivity index (χ2v) is 5.55. The quantitative estimate of drug-likeness (QED) is 0.874. The minimum atomic E-state index is -4.33. The lowest BCUT2D eigenvalue weighted by molar-refractivity contribution is -0.190. The largest absolute Gasteiger partial charge is 0.405 e. The van der Waals surface area contributed by atoms with Crippen molar-refractivity contribution in [2.24, 2.45) is 0 Å². The average Bonchev–Trinajstić information content (AvgIpc) is 2.88. The topological polar surface area (TPSA) is 32.3 Å². The van der Waals surface area contributed by atoms with Gasteiger partial charge in [-0.25, -0.2) is 5.01 Å². The standard InChI is InChI=1S/C16H21F3N2O/c1-2-12-6-3-4-7-13(12)8-5-9-14(16(17,18)19)21-11-10-15(22)20-21/h3-4,6-7,14H,2,5,8-11H2,1H3,(H,20,22)/t14-/m0/s1. The van der Waals surface area contributed by atoms with Crippen LogP contribution in [0, 0.1) is 0 Å². The Balaban J connectivity index is 1.95. The van der Waals surface area contributed by atoms with E-state index in [0.717, 1.165) is 17.0 Å². The Morgan fingerprint density at radius 2 is 1.95 bits per heavy atom. The lowest BCUT2D eigenvalue weighted by Gasteiger charge is -2.29. The van der Waals surface area contributed by atoms with E-state index in [-0.39, 0.29) is 25.3 Å². The van der Waals surface area contributed by atoms with Crippen molar-refractivity contribution in [3.63, 3.8) is 0 Å². The van der Waals surface area contributed by atoms with Crippen LogP contribution in [0.15, 0.2) is 24.3 Å². The molecule has 1 saturated heterocycles. The zero-order chi connectivity index (χ0) is 16.2. The van der Waals surface area contributed by atoms with E-state index in [2.05, 4.69) is 5.43 Å². The third kappa shape index (κ3) is 4.22. The molecule has 1 fully saturated rings. The monoisotopic (exact) mass is 314 g/mol. The van der Waals surface area contributed by atoms with E-state index in [1.54, 1.807) is 0 Å². The van der Waals surface area contributed by atoms with Gasteiger partial charge in [0.2, 0.25) is 5.91 Å². The van der Waals surface area contributed by atoms with Gasteiger partial charge in [0.05, 0.1) is 0 Å². The minimum absolute atomic E-state index is 0.0121. The molecule has 0 spiro atoms. The fraction of sp³-hybridized carbons (Fsp3) is 0.562. The number of rotatable bonds is 6. The first-order chi connectivity index (χ1) is 10.4. The molecule has 0 unspecified atom stereocenters. The van der Waals surface area contributed by atoms with E-state index in [9.17, 15) is 18.0 Å². The third-order valence-corrected chi connectivity index (χ3v) is 4.03. The van der Waals surface area contributed by atoms with E-state index >= 15 is 0 Å². The number of hydrogen-bond acceptors (Lipinski definition) is 2. The highest BCUT2D eigenvalue weighted by atomic mass is 19.4. The van der Waals surface area contributed by atoms with Crippen molar-refractivity contribution in [2.45, 2.75) is 51.2 Å². The molecule has 1 aromatic carbocycles. The fourth-order valence-electron chi connectivity index (χ4n) is 2.86. The highest BCUT2D eigenvalue weighted by Crippen LogP contribution is 2.29. The number of aryl methyl sites for hydroxylation is 2. The van der Waals surface area contributed by atoms with E-state index < -0.39 is 12.2 Å². The summed E-state index contributed by atoms with van der Waals surface area (Å²) in [7, 11) is 0. The summed E-state index contributed by atoms with van der Waals surface area (Å²) in [6, 6.07) is 6.24. The molecule has 22 heavy (non-hydrogen) atoms. The van der Waals surface area contributed by atoms with Crippen LogP contribution < -0.4 is 5.43 Å². The van der Waals surface area contributed by atoms with E-state index in [4.69, 9.17) is 0 Å². The molecule has 1 atom stereocenters. The SMILES string of the molecule is CCc1ccccc1CCC[C@H](N1CCC(=O)N1)C(F)(F)F. The van der Waals surface area contributed by atoms with Gasteiger partial charge in [0.15, 0.2) is 0 Å². The number of amides is 1. The van der Waals surface area contributed by atoms with Crippen molar-refractivity contribution in [1.29, 1.82) is 0 Å². The van der Waals surface area contributed by atoms with E-state index in [1.807, 2.05) is 31.2 Å². The second kappa shape index (κ2) is 7.13. The van der Waals surface area contributed by atoms with Gasteiger partial charge in [0, 0.05) is 13.0 Å². The van der Waals surface area contributed by atoms with Crippen LogP contribution >= 0.6 is 0 Å². The van der Waals surface area contributed by atoms with Crippen LogP contribution in [0.4, 0.5) is 13.2 Å². The predicted molar refractivity (Wildman–Crippen MR) is 78.1 cm³/mol. The first-order valence-corrected chi connectivity index (χ1v) is 7.61. The maximum atomic E-state index is 13.2. The summed E-state index contributed by atoms with van der Waals surface area (Å²) in [5.41, 5.74) is 4.59. The molecule has 0 bridgehead atoms. The number of alkyl halides is 3. The highest BCUT2D eigenvalue weighted by molar-refractivity contribution is 5.77. The molecular weight excluding hydrogens is 293 g/mol. The number of nitrogens with zero attached hydrogens (tertiary/aromatic N) is 1. The summed E-state index contributed by atoms with van der Waals surface area (Å²) in [4.78, 5) is 11.1. The lowest BCUT2D eigenvalue weighted by atomic mass is 9.98. The van der Waals surface area contributed by atoms with Crippen molar-refractivity contribution in [2.75, 3.05) is 6.54 Å². The van der Waals surface area contributed by atoms with Crippen LogP contribution in [-0.2, 0) is 17.6 Å². The summed E-state index contributed by atoms with van der Waals surface area (Å²) in [6.07, 6.45) is -2.28. The van der Waals surface area contributed by atoms with Crippen LogP contribution in [0.1, 0.15) is 37.3 Å². The molecule has 122 valence electrons. The van der Waals surface area contributed by atoms with Gasteiger partial charge in [-0.05, 0) is 36.8 Å². The highest BCUT2D eigenvalue weighted by Gasteiger charge is 2.45. The van der Waals surface area contributed by atoms with E-state index in [0.29, 0.717) is 12.8 Å². The molecule has 1 N–H and O–H groups in total. The van der Waals surface area contributed by atoms with Crippen molar-refractivity contribution in [1.82, 2.24) is 10.4 Å². The maximum absolute atomic E-state index is 13.2. The summed E-state index contributed by atoms with van der Waals surface area (Å²) < 4.78 is 39.5. The molecule has 0 radical (unpaired) electrons. The summed E-state index contributed by atoms with van der Waals surface area (Å²) in [5.74, 6) is -0.342. The predicted octanol–water partition coefficient (Wildman–Crippen LogP) is 3.24.